The molecule has 1 aliphatic rings. The molecule has 0 radical (unpaired) electrons. The van der Waals surface area contributed by atoms with Gasteiger partial charge in [-0.15, -0.1) is 0 Å². The summed E-state index contributed by atoms with van der Waals surface area (Å²) in [6.45, 7) is 5.74. The summed E-state index contributed by atoms with van der Waals surface area (Å²) in [5.41, 5.74) is 1.03. The monoisotopic (exact) mass is 248 g/mol. The zero-order valence-corrected chi connectivity index (χ0v) is 10.6. The van der Waals surface area contributed by atoms with Crippen LogP contribution in [0.5, 0.6) is 5.75 Å². The molecular weight excluding hydrogens is 228 g/mol. The average molecular weight is 248 g/mol. The molecule has 1 aromatic carbocycles. The van der Waals surface area contributed by atoms with E-state index in [2.05, 4.69) is 9.89 Å². The highest BCUT2D eigenvalue weighted by Gasteiger charge is 2.08. The Hall–Kier alpha value is -1.39. The van der Waals surface area contributed by atoms with Crippen molar-refractivity contribution in [3.05, 3.63) is 29.8 Å². The second-order valence-corrected chi connectivity index (χ2v) is 4.43. The Kier molecular flexibility index (Phi) is 5.17. The first kappa shape index (κ1) is 13.1. The lowest BCUT2D eigenvalue weighted by molar-refractivity contribution is 0.0377. The van der Waals surface area contributed by atoms with Gasteiger partial charge in [0, 0.05) is 32.4 Å². The molecule has 4 heteroatoms. The van der Waals surface area contributed by atoms with Crippen LogP contribution in [0.1, 0.15) is 12.0 Å². The number of benzene rings is 1. The van der Waals surface area contributed by atoms with Crippen LogP contribution in [0.15, 0.2) is 29.3 Å². The molecule has 2 rings (SSSR count). The quantitative estimate of drug-likeness (QED) is 0.635. The molecule has 98 valence electrons. The summed E-state index contributed by atoms with van der Waals surface area (Å²) in [7, 11) is 0. The molecule has 0 spiro atoms. The summed E-state index contributed by atoms with van der Waals surface area (Å²) in [5, 5.41) is 9.15. The van der Waals surface area contributed by atoms with Gasteiger partial charge in [0.05, 0.1) is 13.2 Å². The third-order valence-electron chi connectivity index (χ3n) is 3.00. The second-order valence-electron chi connectivity index (χ2n) is 4.43. The van der Waals surface area contributed by atoms with Crippen molar-refractivity contribution in [2.24, 2.45) is 4.99 Å². The highest BCUT2D eigenvalue weighted by Crippen LogP contribution is 2.07. The first-order chi connectivity index (χ1) is 8.84. The van der Waals surface area contributed by atoms with Crippen LogP contribution in [0.4, 0.5) is 0 Å². The fourth-order valence-electron chi connectivity index (χ4n) is 1.94. The molecule has 0 saturated carbocycles. The van der Waals surface area contributed by atoms with Gasteiger partial charge in [0.2, 0.25) is 0 Å². The van der Waals surface area contributed by atoms with Gasteiger partial charge in [-0.25, -0.2) is 0 Å². The number of nitrogens with zero attached hydrogens (tertiary/aromatic N) is 2. The van der Waals surface area contributed by atoms with Crippen molar-refractivity contribution in [1.29, 1.82) is 0 Å². The molecule has 0 unspecified atom stereocenters. The Bertz CT molecular complexity index is 370. The van der Waals surface area contributed by atoms with E-state index in [9.17, 15) is 0 Å². The minimum atomic E-state index is 0.291. The lowest BCUT2D eigenvalue weighted by atomic mass is 10.2. The van der Waals surface area contributed by atoms with Gasteiger partial charge in [-0.2, -0.15) is 0 Å². The van der Waals surface area contributed by atoms with E-state index in [0.717, 1.165) is 51.4 Å². The SMILES string of the molecule is Oc1ccc(C=NCCCN2CCOCC2)cc1. The van der Waals surface area contributed by atoms with Crippen molar-refractivity contribution in [2.45, 2.75) is 6.42 Å². The summed E-state index contributed by atoms with van der Waals surface area (Å²) in [5.74, 6) is 0.291. The zero-order chi connectivity index (χ0) is 12.6. The number of aromatic hydroxyl groups is 1. The van der Waals surface area contributed by atoms with E-state index in [1.165, 1.54) is 0 Å². The molecule has 1 fully saturated rings. The molecule has 1 aromatic rings. The van der Waals surface area contributed by atoms with Crippen LogP contribution in [-0.4, -0.2) is 55.6 Å². The third kappa shape index (κ3) is 4.47. The van der Waals surface area contributed by atoms with E-state index in [-0.39, 0.29) is 0 Å². The van der Waals surface area contributed by atoms with Crippen molar-refractivity contribution >= 4 is 6.21 Å². The number of phenols is 1. The van der Waals surface area contributed by atoms with Crippen LogP contribution in [0.3, 0.4) is 0 Å². The minimum Gasteiger partial charge on any atom is -0.508 e. The van der Waals surface area contributed by atoms with Gasteiger partial charge < -0.3 is 9.84 Å². The summed E-state index contributed by atoms with van der Waals surface area (Å²) in [6, 6.07) is 7.08. The Morgan fingerprint density at radius 3 is 2.67 bits per heavy atom. The Morgan fingerprint density at radius 1 is 1.22 bits per heavy atom. The van der Waals surface area contributed by atoms with Gasteiger partial charge in [-0.1, -0.05) is 0 Å². The van der Waals surface area contributed by atoms with Gasteiger partial charge in [-0.3, -0.25) is 9.89 Å². The topological polar surface area (TPSA) is 45.1 Å². The standard InChI is InChI=1S/C14H20N2O2/c17-14-4-2-13(3-5-14)12-15-6-1-7-16-8-10-18-11-9-16/h2-5,12,17H,1,6-11H2. The summed E-state index contributed by atoms with van der Waals surface area (Å²) in [4.78, 5) is 6.81. The Balaban J connectivity index is 1.63. The molecule has 0 bridgehead atoms. The number of phenolic OH excluding ortho intramolecular Hbond substituents is 1. The summed E-state index contributed by atoms with van der Waals surface area (Å²) >= 11 is 0. The van der Waals surface area contributed by atoms with Gasteiger partial charge in [0.15, 0.2) is 0 Å². The van der Waals surface area contributed by atoms with Crippen LogP contribution in [-0.2, 0) is 4.74 Å². The minimum absolute atomic E-state index is 0.291. The molecule has 4 nitrogen and oxygen atoms in total. The first-order valence-electron chi connectivity index (χ1n) is 6.43. The molecule has 0 aromatic heterocycles. The fraction of sp³-hybridized carbons (Fsp3) is 0.500. The molecule has 1 saturated heterocycles. The van der Waals surface area contributed by atoms with Crippen LogP contribution >= 0.6 is 0 Å². The lowest BCUT2D eigenvalue weighted by Gasteiger charge is -2.26. The van der Waals surface area contributed by atoms with Crippen LogP contribution in [0.2, 0.25) is 0 Å². The first-order valence-corrected chi connectivity index (χ1v) is 6.43. The average Bonchev–Trinajstić information content (AvgIpc) is 2.42. The van der Waals surface area contributed by atoms with Gasteiger partial charge in [0.1, 0.15) is 5.75 Å². The number of hydrogen-bond donors (Lipinski definition) is 1. The fourth-order valence-corrected chi connectivity index (χ4v) is 1.94. The molecule has 0 atom stereocenters. The molecular formula is C14H20N2O2. The lowest BCUT2D eigenvalue weighted by Crippen LogP contribution is -2.37. The number of morpholine rings is 1. The largest absolute Gasteiger partial charge is 0.508 e. The second kappa shape index (κ2) is 7.13. The van der Waals surface area contributed by atoms with Crippen molar-refractivity contribution in [3.63, 3.8) is 0 Å². The Morgan fingerprint density at radius 2 is 1.94 bits per heavy atom. The maximum absolute atomic E-state index is 9.15. The predicted molar refractivity (Wildman–Crippen MR) is 72.4 cm³/mol. The molecule has 1 heterocycles. The third-order valence-corrected chi connectivity index (χ3v) is 3.00. The highest BCUT2D eigenvalue weighted by molar-refractivity contribution is 5.79. The van der Waals surface area contributed by atoms with Crippen molar-refractivity contribution < 1.29 is 9.84 Å². The maximum Gasteiger partial charge on any atom is 0.115 e. The molecule has 1 N–H and O–H groups in total. The smallest absolute Gasteiger partial charge is 0.115 e. The maximum atomic E-state index is 9.15. The summed E-state index contributed by atoms with van der Waals surface area (Å²) in [6.07, 6.45) is 2.94. The van der Waals surface area contributed by atoms with E-state index in [4.69, 9.17) is 9.84 Å². The normalized spacial score (nSPS) is 17.3. The predicted octanol–water partition coefficient (Wildman–Crippen LogP) is 1.53. The zero-order valence-electron chi connectivity index (χ0n) is 10.6. The van der Waals surface area contributed by atoms with E-state index >= 15 is 0 Å². The van der Waals surface area contributed by atoms with Gasteiger partial charge in [0.25, 0.3) is 0 Å². The molecule has 0 amide bonds. The van der Waals surface area contributed by atoms with E-state index in [1.807, 2.05) is 18.3 Å². The number of hydrogen-bond acceptors (Lipinski definition) is 4. The van der Waals surface area contributed by atoms with Gasteiger partial charge in [-0.05, 0) is 36.2 Å². The molecule has 18 heavy (non-hydrogen) atoms. The van der Waals surface area contributed by atoms with Crippen molar-refractivity contribution in [3.8, 4) is 5.75 Å². The Labute approximate surface area is 108 Å². The highest BCUT2D eigenvalue weighted by atomic mass is 16.5. The van der Waals surface area contributed by atoms with Crippen LogP contribution in [0, 0.1) is 0 Å². The molecule has 0 aliphatic carbocycles. The number of aliphatic imine (C=N–C) groups is 1. The van der Waals surface area contributed by atoms with Crippen molar-refractivity contribution in [1.82, 2.24) is 4.90 Å². The van der Waals surface area contributed by atoms with E-state index < -0.39 is 0 Å². The summed E-state index contributed by atoms with van der Waals surface area (Å²) < 4.78 is 5.30. The van der Waals surface area contributed by atoms with E-state index in [0.29, 0.717) is 5.75 Å². The molecule has 1 aliphatic heterocycles. The van der Waals surface area contributed by atoms with E-state index in [1.54, 1.807) is 12.1 Å². The van der Waals surface area contributed by atoms with Crippen molar-refractivity contribution in [2.75, 3.05) is 39.4 Å². The van der Waals surface area contributed by atoms with Crippen LogP contribution < -0.4 is 0 Å². The van der Waals surface area contributed by atoms with Crippen LogP contribution in [0.25, 0.3) is 0 Å². The number of ether oxygens (including phenoxy) is 1. The number of rotatable bonds is 5. The van der Waals surface area contributed by atoms with Gasteiger partial charge >= 0.3 is 0 Å².